The predicted molar refractivity (Wildman–Crippen MR) is 304 cm³/mol. The minimum Gasteiger partial charge on any atom is -0.477 e. The van der Waals surface area contributed by atoms with E-state index in [1.807, 2.05) is 16.0 Å². The summed E-state index contributed by atoms with van der Waals surface area (Å²) in [6.45, 7) is 21.4. The van der Waals surface area contributed by atoms with Gasteiger partial charge in [-0.05, 0) is 26.3 Å². The number of aliphatic hydroxyl groups is 2. The van der Waals surface area contributed by atoms with Gasteiger partial charge in [-0.1, -0.05) is 46.2 Å². The van der Waals surface area contributed by atoms with E-state index in [1.54, 1.807) is 13.8 Å². The van der Waals surface area contributed by atoms with Crippen LogP contribution in [0.4, 0.5) is 0 Å². The van der Waals surface area contributed by atoms with E-state index in [0.29, 0.717) is 11.4 Å². The summed E-state index contributed by atoms with van der Waals surface area (Å²) in [5.41, 5.74) is -4.65. The third kappa shape index (κ3) is 15.9. The summed E-state index contributed by atoms with van der Waals surface area (Å²) >= 11 is 2.90. The molecule has 6 aromatic heterocycles. The molecule has 450 valence electrons. The van der Waals surface area contributed by atoms with Crippen LogP contribution in [0.15, 0.2) is 116 Å². The number of pyridine rings is 1. The van der Waals surface area contributed by atoms with E-state index < -0.39 is 130 Å². The minimum absolute atomic E-state index is 0.0124. The summed E-state index contributed by atoms with van der Waals surface area (Å²) in [5.74, 6) is -12.7. The van der Waals surface area contributed by atoms with Crippen molar-refractivity contribution in [3.05, 3.63) is 153 Å². The number of carbonyl (C=O) groups excluding carboxylic acids is 10. The van der Waals surface area contributed by atoms with E-state index in [9.17, 15) is 63.0 Å². The molecule has 4 atom stereocenters. The van der Waals surface area contributed by atoms with Gasteiger partial charge in [-0.15, -0.1) is 34.0 Å². The van der Waals surface area contributed by atoms with Gasteiger partial charge >= 0.3 is 11.9 Å². The minimum atomic E-state index is -1.86. The van der Waals surface area contributed by atoms with Crippen LogP contribution in [0.25, 0.3) is 21.8 Å². The number of hydrogen-bond acceptors (Lipinski definition) is 25. The molecular weight excluding hydrogens is 1200 g/mol. The first-order chi connectivity index (χ1) is 41.2. The molecule has 1 aliphatic heterocycles. The van der Waals surface area contributed by atoms with Crippen LogP contribution >= 0.6 is 34.0 Å². The molecule has 7 rings (SSSR count). The third-order valence-electron chi connectivity index (χ3n) is 11.5. The molecule has 0 spiro atoms. The van der Waals surface area contributed by atoms with Crippen molar-refractivity contribution < 1.29 is 76.9 Å². The fraction of sp³-hybridized carbons (Fsp3) is 0.192. The lowest BCUT2D eigenvalue weighted by atomic mass is 10.1. The average Bonchev–Trinajstić information content (AvgIpc) is 3.39. The van der Waals surface area contributed by atoms with Gasteiger partial charge in [0.15, 0.2) is 11.9 Å². The van der Waals surface area contributed by atoms with Gasteiger partial charge in [0.1, 0.15) is 73.5 Å². The van der Waals surface area contributed by atoms with Gasteiger partial charge in [-0.25, -0.2) is 29.7 Å². The summed E-state index contributed by atoms with van der Waals surface area (Å²) in [4.78, 5) is 173. The first kappa shape index (κ1) is 63.7. The highest BCUT2D eigenvalue weighted by Gasteiger charge is 2.31. The first-order valence-corrected chi connectivity index (χ1v) is 27.6. The van der Waals surface area contributed by atoms with E-state index in [4.69, 9.17) is 13.9 Å². The van der Waals surface area contributed by atoms with Crippen LogP contribution in [-0.4, -0.2) is 134 Å². The molecule has 35 heteroatoms. The maximum Gasteiger partial charge on any atom is 0.351 e. The molecule has 32 nitrogen and oxygen atoms in total. The number of fused-ring (bicyclic) bond motifs is 13. The molecule has 10 amide bonds. The van der Waals surface area contributed by atoms with Crippen LogP contribution in [0.1, 0.15) is 119 Å². The van der Waals surface area contributed by atoms with E-state index in [-0.39, 0.29) is 74.2 Å². The summed E-state index contributed by atoms with van der Waals surface area (Å²) in [5, 5.41) is 56.1. The van der Waals surface area contributed by atoms with Crippen LogP contribution in [0.2, 0.25) is 0 Å². The van der Waals surface area contributed by atoms with Crippen molar-refractivity contribution in [2.75, 3.05) is 0 Å². The maximum atomic E-state index is 13.9. The molecule has 0 radical (unpaired) electrons. The Kier molecular flexibility index (Phi) is 20.3. The number of nitrogens with zero attached hydrogens (tertiary/aromatic N) is 7. The Balaban J connectivity index is 1.17. The van der Waals surface area contributed by atoms with Crippen LogP contribution in [0.5, 0.6) is 0 Å². The number of rotatable bonds is 12. The van der Waals surface area contributed by atoms with Crippen LogP contribution < -0.4 is 47.9 Å². The van der Waals surface area contributed by atoms with E-state index in [1.165, 1.54) is 23.1 Å². The number of imide groups is 1. The molecule has 12 N–H and O–H groups in total. The zero-order valence-corrected chi connectivity index (χ0v) is 48.0. The fourth-order valence-electron chi connectivity index (χ4n) is 7.07. The molecule has 7 heterocycles. The molecule has 0 fully saturated rings. The normalized spacial score (nSPS) is 16.4. The molecule has 6 aromatic rings. The number of amides is 10. The molecular formula is C52H48N16O16S3. The number of aliphatic imine (C=N–C) groups is 1. The Bertz CT molecular complexity index is 3920. The predicted octanol–water partition coefficient (Wildman–Crippen LogP) is 1.00. The van der Waals surface area contributed by atoms with Crippen LogP contribution in [0, 0.1) is 0 Å². The van der Waals surface area contributed by atoms with Crippen molar-refractivity contribution in [3.63, 3.8) is 0 Å². The molecule has 87 heavy (non-hydrogen) atoms. The lowest BCUT2D eigenvalue weighted by molar-refractivity contribution is -0.134. The van der Waals surface area contributed by atoms with Gasteiger partial charge in [0.05, 0.1) is 41.5 Å². The quantitative estimate of drug-likeness (QED) is 0.0600. The highest BCUT2D eigenvalue weighted by Crippen LogP contribution is 2.34. The zero-order chi connectivity index (χ0) is 63.6. The second kappa shape index (κ2) is 27.7. The lowest BCUT2D eigenvalue weighted by Crippen LogP contribution is -2.49. The summed E-state index contributed by atoms with van der Waals surface area (Å²) < 4.78 is 11.0. The Morgan fingerprint density at radius 1 is 0.690 bits per heavy atom. The average molecular weight is 1250 g/mol. The highest BCUT2D eigenvalue weighted by atomic mass is 32.1. The summed E-state index contributed by atoms with van der Waals surface area (Å²) in [6, 6.07) is -1.15. The molecule has 0 saturated carbocycles. The van der Waals surface area contributed by atoms with Crippen LogP contribution in [-0.2, 0) is 30.5 Å². The Hall–Kier alpha value is -10.9. The molecule has 0 aromatic carbocycles. The van der Waals surface area contributed by atoms with Gasteiger partial charge in [-0.3, -0.25) is 63.2 Å². The van der Waals surface area contributed by atoms with Gasteiger partial charge in [0, 0.05) is 33.5 Å². The topological polar surface area (TPSA) is 473 Å². The Morgan fingerprint density at radius 3 is 1.94 bits per heavy atom. The molecule has 0 saturated heterocycles. The monoisotopic (exact) mass is 1250 g/mol. The number of nitrogens with one attached hydrogen (secondary N) is 9. The summed E-state index contributed by atoms with van der Waals surface area (Å²) in [6.07, 6.45) is 0.320. The maximum absolute atomic E-state index is 13.9. The number of carboxylic acids is 1. The largest absolute Gasteiger partial charge is 0.477 e. The van der Waals surface area contributed by atoms with Crippen LogP contribution in [0.3, 0.4) is 0 Å². The van der Waals surface area contributed by atoms with Crippen molar-refractivity contribution in [3.8, 4) is 21.8 Å². The van der Waals surface area contributed by atoms with Gasteiger partial charge in [0.2, 0.25) is 5.89 Å². The first-order valence-electron chi connectivity index (χ1n) is 24.9. The number of aliphatic hydroxyl groups excluding tert-OH is 2. The SMILES string of the molecule is C=C(NC(=O)C(=C)NC(=O)C(=C)NC(=O)C(=C)NC(=O)c1cc2c(cn1)-c1coc(n1)C(=O)NC(=O)C(=C)NC(=O)c1csc(n1)C(C)NC(=O)c1csc(n1)CNC(=O)c1coc(n1)C(CCC)=NC(O)C(C(C)O)NC(=O)c1csc-2n1)C(=O)O. The molecule has 0 aliphatic carbocycles. The van der Waals surface area contributed by atoms with E-state index >= 15 is 0 Å². The standard InChI is InChI=1S/C52H48N16O16S3/c1-9-10-28-48-64-31(15-83-48)41(74)54-13-35-61-32(16-85-35)43(76)59-23(6)50-65-33(17-86-50)44(77)58-22(5)40(73)68-47(80)49-63-30(14-84-49)27-12-53-29(11-26(27)51-66-34(18-87-51)45(78)67-36(25(8)69)46(79)62-28)42(75)57-21(4)38(71)55-19(2)37(70)56-20(3)39(72)60-24(7)52(81)82/h11-12,14-18,23,25,36,46,69,79H,2-5,7,9-10,13H2,1,6,8H3,(H,54,74)(H,55,71)(H,56,70)(H,57,75)(H,58,77)(H,59,76)(H,60,72)(H,67,78)(H,81,82)(H,68,73,80). The number of aliphatic carboxylic acids is 1. The lowest BCUT2D eigenvalue weighted by Gasteiger charge is -2.24. The fourth-order valence-corrected chi connectivity index (χ4v) is 9.42. The van der Waals surface area contributed by atoms with Crippen molar-refractivity contribution in [2.24, 2.45) is 4.99 Å². The smallest absolute Gasteiger partial charge is 0.351 e. The number of hydrogen-bond donors (Lipinski definition) is 12. The zero-order valence-electron chi connectivity index (χ0n) is 45.5. The molecule has 10 bridgehead atoms. The van der Waals surface area contributed by atoms with E-state index in [2.05, 4.69) is 99.7 Å². The second-order valence-corrected chi connectivity index (χ2v) is 20.7. The van der Waals surface area contributed by atoms with Gasteiger partial charge in [0.25, 0.3) is 59.1 Å². The van der Waals surface area contributed by atoms with Gasteiger partial charge < -0.3 is 66.7 Å². The second-order valence-electron chi connectivity index (χ2n) is 18.0. The van der Waals surface area contributed by atoms with Crippen molar-refractivity contribution in [2.45, 2.75) is 64.6 Å². The van der Waals surface area contributed by atoms with Crippen molar-refractivity contribution in [1.82, 2.24) is 77.8 Å². The highest BCUT2D eigenvalue weighted by molar-refractivity contribution is 7.13. The third-order valence-corrected chi connectivity index (χ3v) is 14.3. The van der Waals surface area contributed by atoms with Crippen molar-refractivity contribution >= 4 is 105 Å². The number of carboxylic acid groups (broad SMARTS) is 1. The van der Waals surface area contributed by atoms with Crippen molar-refractivity contribution in [1.29, 1.82) is 0 Å². The Labute approximate surface area is 501 Å². The summed E-state index contributed by atoms with van der Waals surface area (Å²) in [7, 11) is 0. The number of carbonyl (C=O) groups is 11. The molecule has 1 aliphatic rings. The number of oxazole rings is 2. The molecule has 4 unspecified atom stereocenters. The van der Waals surface area contributed by atoms with Gasteiger partial charge in [-0.2, -0.15) is 0 Å². The number of aromatic nitrogens is 6. The van der Waals surface area contributed by atoms with E-state index in [0.717, 1.165) is 58.8 Å². The Morgan fingerprint density at radius 2 is 1.28 bits per heavy atom. The number of thiazole rings is 3.